The molecule has 0 bridgehead atoms. The Morgan fingerprint density at radius 1 is 1.47 bits per heavy atom. The lowest BCUT2D eigenvalue weighted by Gasteiger charge is -2.36. The molecule has 0 unspecified atom stereocenters. The molecule has 1 aromatic rings. The fourth-order valence-electron chi connectivity index (χ4n) is 1.91. The zero-order chi connectivity index (χ0) is 12.6. The number of nitrogens with one attached hydrogen (secondary N) is 1. The third kappa shape index (κ3) is 2.13. The molecule has 0 atom stereocenters. The van der Waals surface area contributed by atoms with Crippen LogP contribution in [0.25, 0.3) is 0 Å². The Bertz CT molecular complexity index is 454. The molecule has 0 saturated heterocycles. The van der Waals surface area contributed by atoms with Crippen molar-refractivity contribution in [2.75, 3.05) is 23.8 Å². The first-order chi connectivity index (χ1) is 7.94. The number of rotatable bonds is 3. The van der Waals surface area contributed by atoms with E-state index in [1.54, 1.807) is 0 Å². The van der Waals surface area contributed by atoms with Crippen molar-refractivity contribution in [2.45, 2.75) is 25.8 Å². The Morgan fingerprint density at radius 2 is 2.18 bits per heavy atom. The van der Waals surface area contributed by atoms with Crippen molar-refractivity contribution in [3.05, 3.63) is 23.8 Å². The summed E-state index contributed by atoms with van der Waals surface area (Å²) in [7, 11) is 2.03. The van der Waals surface area contributed by atoms with Crippen molar-refractivity contribution >= 4 is 17.3 Å². The number of benzene rings is 1. The molecule has 0 saturated carbocycles. The second-order valence-electron chi connectivity index (χ2n) is 5.14. The highest BCUT2D eigenvalue weighted by Gasteiger charge is 2.24. The quantitative estimate of drug-likeness (QED) is 0.828. The van der Waals surface area contributed by atoms with Gasteiger partial charge in [0.1, 0.15) is 0 Å². The van der Waals surface area contributed by atoms with Crippen LogP contribution < -0.4 is 16.0 Å². The van der Waals surface area contributed by atoms with E-state index in [1.807, 2.05) is 19.2 Å². The normalized spacial score (nSPS) is 14.5. The van der Waals surface area contributed by atoms with Crippen LogP contribution in [0.3, 0.4) is 0 Å². The summed E-state index contributed by atoms with van der Waals surface area (Å²) >= 11 is 0. The maximum Gasteiger partial charge on any atom is 0.228 e. The molecule has 0 aliphatic carbocycles. The lowest BCUT2D eigenvalue weighted by atomic mass is 10.0. The van der Waals surface area contributed by atoms with Crippen LogP contribution in [-0.4, -0.2) is 25.0 Å². The molecule has 2 rings (SSSR count). The van der Waals surface area contributed by atoms with Gasteiger partial charge in [-0.05, 0) is 37.6 Å². The van der Waals surface area contributed by atoms with E-state index in [9.17, 15) is 4.79 Å². The van der Waals surface area contributed by atoms with E-state index < -0.39 is 0 Å². The number of hydrogen-bond acceptors (Lipinski definition) is 3. The van der Waals surface area contributed by atoms with Crippen LogP contribution in [0.4, 0.5) is 11.4 Å². The Morgan fingerprint density at radius 3 is 2.82 bits per heavy atom. The zero-order valence-electron chi connectivity index (χ0n) is 10.6. The SMILES string of the molecule is CN(c1ccc2c(c1)CC(=O)N2)C(C)(C)CN. The monoisotopic (exact) mass is 233 g/mol. The van der Waals surface area contributed by atoms with E-state index in [-0.39, 0.29) is 11.4 Å². The van der Waals surface area contributed by atoms with E-state index in [0.29, 0.717) is 13.0 Å². The average Bonchev–Trinajstić information content (AvgIpc) is 2.66. The van der Waals surface area contributed by atoms with E-state index in [2.05, 4.69) is 30.1 Å². The number of nitrogens with two attached hydrogens (primary N) is 1. The molecular weight excluding hydrogens is 214 g/mol. The summed E-state index contributed by atoms with van der Waals surface area (Å²) < 4.78 is 0. The molecular formula is C13H19N3O. The number of amides is 1. The predicted molar refractivity (Wildman–Crippen MR) is 70.3 cm³/mol. The van der Waals surface area contributed by atoms with Gasteiger partial charge in [-0.15, -0.1) is 0 Å². The molecule has 17 heavy (non-hydrogen) atoms. The number of hydrogen-bond donors (Lipinski definition) is 2. The standard InChI is InChI=1S/C13H19N3O/c1-13(2,8-14)16(3)10-4-5-11-9(6-10)7-12(17)15-11/h4-6H,7-8,14H2,1-3H3,(H,15,17). The molecule has 1 heterocycles. The maximum absolute atomic E-state index is 11.3. The molecule has 1 aliphatic rings. The first-order valence-corrected chi connectivity index (χ1v) is 5.81. The van der Waals surface area contributed by atoms with Crippen LogP contribution in [0, 0.1) is 0 Å². The summed E-state index contributed by atoms with van der Waals surface area (Å²) in [6.07, 6.45) is 0.472. The van der Waals surface area contributed by atoms with Crippen molar-refractivity contribution < 1.29 is 4.79 Å². The maximum atomic E-state index is 11.3. The van der Waals surface area contributed by atoms with E-state index in [4.69, 9.17) is 5.73 Å². The van der Waals surface area contributed by atoms with Crippen LogP contribution in [-0.2, 0) is 11.2 Å². The van der Waals surface area contributed by atoms with Gasteiger partial charge < -0.3 is 16.0 Å². The highest BCUT2D eigenvalue weighted by Crippen LogP contribution is 2.29. The van der Waals surface area contributed by atoms with Crippen LogP contribution in [0.1, 0.15) is 19.4 Å². The average molecular weight is 233 g/mol. The van der Waals surface area contributed by atoms with E-state index in [1.165, 1.54) is 0 Å². The third-order valence-electron chi connectivity index (χ3n) is 3.51. The molecule has 0 fully saturated rings. The van der Waals surface area contributed by atoms with Crippen LogP contribution >= 0.6 is 0 Å². The van der Waals surface area contributed by atoms with E-state index >= 15 is 0 Å². The number of carbonyl (C=O) groups is 1. The van der Waals surface area contributed by atoms with Gasteiger partial charge in [0, 0.05) is 30.5 Å². The number of likely N-dealkylation sites (N-methyl/N-ethyl adjacent to an activating group) is 1. The first-order valence-electron chi connectivity index (χ1n) is 5.81. The number of nitrogens with zero attached hydrogens (tertiary/aromatic N) is 1. The first kappa shape index (κ1) is 11.9. The second kappa shape index (κ2) is 4.04. The lowest BCUT2D eigenvalue weighted by molar-refractivity contribution is -0.115. The zero-order valence-corrected chi connectivity index (χ0v) is 10.6. The number of carbonyl (C=O) groups excluding carboxylic acids is 1. The Kier molecular flexibility index (Phi) is 2.83. The fraction of sp³-hybridized carbons (Fsp3) is 0.462. The Labute approximate surface area is 102 Å². The summed E-state index contributed by atoms with van der Waals surface area (Å²) in [5, 5.41) is 2.83. The third-order valence-corrected chi connectivity index (χ3v) is 3.51. The highest BCUT2D eigenvalue weighted by atomic mass is 16.1. The Hall–Kier alpha value is -1.55. The van der Waals surface area contributed by atoms with Crippen LogP contribution in [0.5, 0.6) is 0 Å². The van der Waals surface area contributed by atoms with Crippen molar-refractivity contribution in [1.29, 1.82) is 0 Å². The molecule has 0 radical (unpaired) electrons. The van der Waals surface area contributed by atoms with E-state index in [0.717, 1.165) is 16.9 Å². The van der Waals surface area contributed by atoms with Crippen molar-refractivity contribution in [3.8, 4) is 0 Å². The summed E-state index contributed by atoms with van der Waals surface area (Å²) in [5.41, 5.74) is 8.76. The van der Waals surface area contributed by atoms with Crippen LogP contribution in [0.2, 0.25) is 0 Å². The molecule has 4 nitrogen and oxygen atoms in total. The fourth-order valence-corrected chi connectivity index (χ4v) is 1.91. The molecule has 1 aliphatic heterocycles. The van der Waals surface area contributed by atoms with Gasteiger partial charge in [-0.1, -0.05) is 0 Å². The molecule has 0 aromatic heterocycles. The van der Waals surface area contributed by atoms with Crippen molar-refractivity contribution in [1.82, 2.24) is 0 Å². The minimum Gasteiger partial charge on any atom is -0.368 e. The van der Waals surface area contributed by atoms with Gasteiger partial charge in [0.05, 0.1) is 6.42 Å². The van der Waals surface area contributed by atoms with Crippen LogP contribution in [0.15, 0.2) is 18.2 Å². The van der Waals surface area contributed by atoms with Gasteiger partial charge in [-0.3, -0.25) is 4.79 Å². The molecule has 0 spiro atoms. The van der Waals surface area contributed by atoms with Gasteiger partial charge >= 0.3 is 0 Å². The highest BCUT2D eigenvalue weighted by molar-refractivity contribution is 5.99. The summed E-state index contributed by atoms with van der Waals surface area (Å²) in [6.45, 7) is 4.78. The van der Waals surface area contributed by atoms with Crippen molar-refractivity contribution in [2.24, 2.45) is 5.73 Å². The van der Waals surface area contributed by atoms with Crippen molar-refractivity contribution in [3.63, 3.8) is 0 Å². The van der Waals surface area contributed by atoms with Gasteiger partial charge in [0.15, 0.2) is 0 Å². The van der Waals surface area contributed by atoms with Gasteiger partial charge in [-0.25, -0.2) is 0 Å². The number of anilines is 2. The topological polar surface area (TPSA) is 58.4 Å². The minimum absolute atomic E-state index is 0.0675. The van der Waals surface area contributed by atoms with Gasteiger partial charge in [0.2, 0.25) is 5.91 Å². The molecule has 3 N–H and O–H groups in total. The minimum atomic E-state index is -0.0930. The molecule has 92 valence electrons. The molecule has 1 amide bonds. The summed E-state index contributed by atoms with van der Waals surface area (Å²) in [5.74, 6) is 0.0675. The lowest BCUT2D eigenvalue weighted by Crippen LogP contribution is -2.47. The Balaban J connectivity index is 2.30. The second-order valence-corrected chi connectivity index (χ2v) is 5.14. The smallest absolute Gasteiger partial charge is 0.228 e. The molecule has 4 heteroatoms. The van der Waals surface area contributed by atoms with Gasteiger partial charge in [-0.2, -0.15) is 0 Å². The van der Waals surface area contributed by atoms with Gasteiger partial charge in [0.25, 0.3) is 0 Å². The molecule has 1 aromatic carbocycles. The summed E-state index contributed by atoms with van der Waals surface area (Å²) in [6, 6.07) is 6.03. The largest absolute Gasteiger partial charge is 0.368 e. The predicted octanol–water partition coefficient (Wildman–Crippen LogP) is 1.35. The summed E-state index contributed by atoms with van der Waals surface area (Å²) in [4.78, 5) is 13.4. The number of fused-ring (bicyclic) bond motifs is 1.